The quantitative estimate of drug-likeness (QED) is 0.831. The van der Waals surface area contributed by atoms with Crippen molar-refractivity contribution >= 4 is 0 Å². The first-order valence-electron chi connectivity index (χ1n) is 6.33. The third kappa shape index (κ3) is 3.25. The van der Waals surface area contributed by atoms with Crippen LogP contribution in [0, 0.1) is 17.6 Å². The third-order valence-corrected chi connectivity index (χ3v) is 3.46. The second kappa shape index (κ2) is 5.58. The van der Waals surface area contributed by atoms with E-state index in [-0.39, 0.29) is 0 Å². The molecule has 3 heteroatoms. The first-order chi connectivity index (χ1) is 8.16. The van der Waals surface area contributed by atoms with Gasteiger partial charge >= 0.3 is 0 Å². The molecule has 0 spiro atoms. The molecule has 0 saturated heterocycles. The SMILES string of the molecule is CC(CNC1CCC1)Cc1cccc(F)c1F. The van der Waals surface area contributed by atoms with Gasteiger partial charge in [0.2, 0.25) is 0 Å². The molecule has 94 valence electrons. The third-order valence-electron chi connectivity index (χ3n) is 3.46. The van der Waals surface area contributed by atoms with Crippen molar-refractivity contribution in [2.45, 2.75) is 38.6 Å². The molecule has 1 aromatic carbocycles. The van der Waals surface area contributed by atoms with Crippen LogP contribution in [0.2, 0.25) is 0 Å². The molecule has 0 amide bonds. The summed E-state index contributed by atoms with van der Waals surface area (Å²) < 4.78 is 26.5. The molecule has 2 rings (SSSR count). The van der Waals surface area contributed by atoms with Crippen LogP contribution in [0.25, 0.3) is 0 Å². The Kier molecular flexibility index (Phi) is 4.11. The van der Waals surface area contributed by atoms with Gasteiger partial charge in [0.05, 0.1) is 0 Å². The van der Waals surface area contributed by atoms with Gasteiger partial charge in [0.1, 0.15) is 0 Å². The second-order valence-corrected chi connectivity index (χ2v) is 5.06. The van der Waals surface area contributed by atoms with Crippen molar-refractivity contribution in [2.24, 2.45) is 5.92 Å². The molecule has 0 heterocycles. The Bertz CT molecular complexity index is 374. The predicted molar refractivity (Wildman–Crippen MR) is 64.9 cm³/mol. The minimum absolute atomic E-state index is 0.326. The first kappa shape index (κ1) is 12.5. The summed E-state index contributed by atoms with van der Waals surface area (Å²) in [6.45, 7) is 2.94. The van der Waals surface area contributed by atoms with Crippen LogP contribution >= 0.6 is 0 Å². The van der Waals surface area contributed by atoms with Gasteiger partial charge in [-0.05, 0) is 43.4 Å². The highest BCUT2D eigenvalue weighted by Gasteiger charge is 2.18. The fourth-order valence-corrected chi connectivity index (χ4v) is 2.13. The van der Waals surface area contributed by atoms with Gasteiger partial charge in [0, 0.05) is 6.04 Å². The van der Waals surface area contributed by atoms with E-state index >= 15 is 0 Å². The van der Waals surface area contributed by atoms with E-state index in [1.165, 1.54) is 19.3 Å². The monoisotopic (exact) mass is 239 g/mol. The average Bonchev–Trinajstić information content (AvgIpc) is 2.23. The van der Waals surface area contributed by atoms with Gasteiger partial charge in [-0.15, -0.1) is 0 Å². The fraction of sp³-hybridized carbons (Fsp3) is 0.571. The van der Waals surface area contributed by atoms with Crippen LogP contribution in [0.15, 0.2) is 18.2 Å². The molecule has 1 saturated carbocycles. The largest absolute Gasteiger partial charge is 0.314 e. The molecule has 0 bridgehead atoms. The summed E-state index contributed by atoms with van der Waals surface area (Å²) in [6, 6.07) is 5.04. The number of rotatable bonds is 5. The molecule has 1 N–H and O–H groups in total. The molecule has 1 nitrogen and oxygen atoms in total. The van der Waals surface area contributed by atoms with Gasteiger partial charge in [-0.3, -0.25) is 0 Å². The summed E-state index contributed by atoms with van der Waals surface area (Å²) in [5, 5.41) is 3.46. The van der Waals surface area contributed by atoms with E-state index in [1.807, 2.05) is 0 Å². The smallest absolute Gasteiger partial charge is 0.162 e. The van der Waals surface area contributed by atoms with E-state index in [0.29, 0.717) is 23.9 Å². The number of benzene rings is 1. The van der Waals surface area contributed by atoms with Crippen molar-refractivity contribution in [2.75, 3.05) is 6.54 Å². The van der Waals surface area contributed by atoms with Crippen LogP contribution in [-0.2, 0) is 6.42 Å². The number of hydrogen-bond acceptors (Lipinski definition) is 1. The van der Waals surface area contributed by atoms with Crippen molar-refractivity contribution in [3.63, 3.8) is 0 Å². The van der Waals surface area contributed by atoms with Gasteiger partial charge in [0.25, 0.3) is 0 Å². The van der Waals surface area contributed by atoms with E-state index in [1.54, 1.807) is 12.1 Å². The summed E-state index contributed by atoms with van der Waals surface area (Å²) in [7, 11) is 0. The van der Waals surface area contributed by atoms with Crippen LogP contribution in [0.4, 0.5) is 8.78 Å². The molecular weight excluding hydrogens is 220 g/mol. The van der Waals surface area contributed by atoms with E-state index in [9.17, 15) is 8.78 Å². The minimum atomic E-state index is -0.748. The van der Waals surface area contributed by atoms with Crippen LogP contribution < -0.4 is 5.32 Å². The lowest BCUT2D eigenvalue weighted by atomic mass is 9.92. The molecule has 0 radical (unpaired) electrons. The molecule has 1 aromatic rings. The maximum absolute atomic E-state index is 13.4. The normalized spacial score (nSPS) is 17.8. The number of nitrogens with one attached hydrogen (secondary N) is 1. The van der Waals surface area contributed by atoms with Crippen molar-refractivity contribution in [1.29, 1.82) is 0 Å². The first-order valence-corrected chi connectivity index (χ1v) is 6.33. The Hall–Kier alpha value is -0.960. The Morgan fingerprint density at radius 2 is 2.12 bits per heavy atom. The van der Waals surface area contributed by atoms with Crippen LogP contribution in [-0.4, -0.2) is 12.6 Å². The zero-order chi connectivity index (χ0) is 12.3. The Labute approximate surface area is 101 Å². The summed E-state index contributed by atoms with van der Waals surface area (Å²) in [5.74, 6) is -1.11. The van der Waals surface area contributed by atoms with E-state index < -0.39 is 11.6 Å². The second-order valence-electron chi connectivity index (χ2n) is 5.06. The van der Waals surface area contributed by atoms with Crippen LogP contribution in [0.5, 0.6) is 0 Å². The van der Waals surface area contributed by atoms with Crippen molar-refractivity contribution in [3.8, 4) is 0 Å². The summed E-state index contributed by atoms with van der Waals surface area (Å²) in [6.07, 6.45) is 4.40. The van der Waals surface area contributed by atoms with Gasteiger partial charge in [-0.2, -0.15) is 0 Å². The van der Waals surface area contributed by atoms with Crippen LogP contribution in [0.1, 0.15) is 31.7 Å². The zero-order valence-electron chi connectivity index (χ0n) is 10.2. The summed E-state index contributed by atoms with van der Waals surface area (Å²) in [4.78, 5) is 0. The molecule has 1 aliphatic rings. The molecule has 1 aliphatic carbocycles. The molecule has 17 heavy (non-hydrogen) atoms. The lowest BCUT2D eigenvalue weighted by Crippen LogP contribution is -2.38. The Balaban J connectivity index is 1.84. The van der Waals surface area contributed by atoms with Crippen LogP contribution in [0.3, 0.4) is 0 Å². The topological polar surface area (TPSA) is 12.0 Å². The molecule has 1 atom stereocenters. The Morgan fingerprint density at radius 3 is 2.76 bits per heavy atom. The Morgan fingerprint density at radius 1 is 1.35 bits per heavy atom. The molecule has 1 unspecified atom stereocenters. The zero-order valence-corrected chi connectivity index (χ0v) is 10.2. The average molecular weight is 239 g/mol. The van der Waals surface area contributed by atoms with Crippen molar-refractivity contribution in [3.05, 3.63) is 35.4 Å². The lowest BCUT2D eigenvalue weighted by molar-refractivity contribution is 0.319. The predicted octanol–water partition coefficient (Wildman–Crippen LogP) is 3.29. The van der Waals surface area contributed by atoms with E-state index in [4.69, 9.17) is 0 Å². The maximum atomic E-state index is 13.4. The van der Waals surface area contributed by atoms with Gasteiger partial charge in [-0.25, -0.2) is 8.78 Å². The maximum Gasteiger partial charge on any atom is 0.162 e. The highest BCUT2D eigenvalue weighted by Crippen LogP contribution is 2.19. The highest BCUT2D eigenvalue weighted by atomic mass is 19.2. The molecular formula is C14H19F2N. The summed E-state index contributed by atoms with van der Waals surface area (Å²) in [5.41, 5.74) is 0.480. The fourth-order valence-electron chi connectivity index (χ4n) is 2.13. The van der Waals surface area contributed by atoms with E-state index in [2.05, 4.69) is 12.2 Å². The molecule has 0 aliphatic heterocycles. The van der Waals surface area contributed by atoms with Gasteiger partial charge in [0.15, 0.2) is 11.6 Å². The number of hydrogen-bond donors (Lipinski definition) is 1. The van der Waals surface area contributed by atoms with Gasteiger partial charge in [-0.1, -0.05) is 25.5 Å². The standard InChI is InChI=1S/C14H19F2N/c1-10(9-17-12-5-3-6-12)8-11-4-2-7-13(15)14(11)16/h2,4,7,10,12,17H,3,5-6,8-9H2,1H3. The molecule has 0 aromatic heterocycles. The van der Waals surface area contributed by atoms with Gasteiger partial charge < -0.3 is 5.32 Å². The van der Waals surface area contributed by atoms with Crippen molar-refractivity contribution in [1.82, 2.24) is 5.32 Å². The molecule has 1 fully saturated rings. The number of halogens is 2. The summed E-state index contributed by atoms with van der Waals surface area (Å²) >= 11 is 0. The lowest BCUT2D eigenvalue weighted by Gasteiger charge is -2.28. The minimum Gasteiger partial charge on any atom is -0.314 e. The highest BCUT2D eigenvalue weighted by molar-refractivity contribution is 5.19. The van der Waals surface area contributed by atoms with E-state index in [0.717, 1.165) is 12.6 Å². The van der Waals surface area contributed by atoms with Crippen molar-refractivity contribution < 1.29 is 8.78 Å².